The predicted octanol–water partition coefficient (Wildman–Crippen LogP) is 0.995. The number of quaternary nitrogens is 1. The fourth-order valence-electron chi connectivity index (χ4n) is 2.60. The SMILES string of the molecule is CCCCCCCCCCCCOCC(O)C[N+](C)(C)C.[Cl-]. The van der Waals surface area contributed by atoms with Crippen molar-refractivity contribution < 1.29 is 26.7 Å². The maximum absolute atomic E-state index is 9.81. The van der Waals surface area contributed by atoms with Crippen LogP contribution in [0.25, 0.3) is 0 Å². The van der Waals surface area contributed by atoms with Crippen molar-refractivity contribution in [1.29, 1.82) is 0 Å². The Kier molecular flexibility index (Phi) is 17.8. The molecule has 0 saturated heterocycles. The summed E-state index contributed by atoms with van der Waals surface area (Å²) < 4.78 is 6.33. The van der Waals surface area contributed by atoms with Crippen LogP contribution in [0.4, 0.5) is 0 Å². The summed E-state index contributed by atoms with van der Waals surface area (Å²) in [6.45, 7) is 4.29. The van der Waals surface area contributed by atoms with Gasteiger partial charge in [-0.1, -0.05) is 64.7 Å². The van der Waals surface area contributed by atoms with E-state index in [1.165, 1.54) is 57.8 Å². The van der Waals surface area contributed by atoms with Gasteiger partial charge in [0.25, 0.3) is 0 Å². The second-order valence-corrected chi connectivity index (χ2v) is 7.38. The monoisotopic (exact) mass is 337 g/mol. The second-order valence-electron chi connectivity index (χ2n) is 7.38. The minimum absolute atomic E-state index is 0. The second kappa shape index (κ2) is 16.0. The van der Waals surface area contributed by atoms with Crippen molar-refractivity contribution >= 4 is 0 Å². The van der Waals surface area contributed by atoms with Crippen molar-refractivity contribution in [3.05, 3.63) is 0 Å². The molecule has 0 aromatic heterocycles. The van der Waals surface area contributed by atoms with Crippen molar-refractivity contribution in [2.24, 2.45) is 0 Å². The molecule has 0 amide bonds. The molecular weight excluding hydrogens is 298 g/mol. The Hall–Kier alpha value is 0.170. The highest BCUT2D eigenvalue weighted by atomic mass is 35.5. The molecule has 0 aliphatic carbocycles. The van der Waals surface area contributed by atoms with Gasteiger partial charge in [0.2, 0.25) is 0 Å². The summed E-state index contributed by atoms with van der Waals surface area (Å²) in [5.41, 5.74) is 0. The topological polar surface area (TPSA) is 29.5 Å². The third-order valence-electron chi connectivity index (χ3n) is 3.71. The molecule has 0 fully saturated rings. The number of likely N-dealkylation sites (N-methyl/N-ethyl adjacent to an activating group) is 1. The molecule has 136 valence electrons. The predicted molar refractivity (Wildman–Crippen MR) is 91.6 cm³/mol. The summed E-state index contributed by atoms with van der Waals surface area (Å²) in [6, 6.07) is 0. The first kappa shape index (κ1) is 24.4. The fourth-order valence-corrected chi connectivity index (χ4v) is 2.60. The molecule has 0 radical (unpaired) electrons. The zero-order valence-electron chi connectivity index (χ0n) is 15.5. The van der Waals surface area contributed by atoms with E-state index >= 15 is 0 Å². The number of ether oxygens (including phenoxy) is 1. The van der Waals surface area contributed by atoms with Gasteiger partial charge in [-0.25, -0.2) is 0 Å². The van der Waals surface area contributed by atoms with Gasteiger partial charge < -0.3 is 26.7 Å². The average molecular weight is 338 g/mol. The number of rotatable bonds is 15. The van der Waals surface area contributed by atoms with E-state index in [9.17, 15) is 5.11 Å². The lowest BCUT2D eigenvalue weighted by Gasteiger charge is -2.26. The Bertz CT molecular complexity index is 220. The third-order valence-corrected chi connectivity index (χ3v) is 3.71. The van der Waals surface area contributed by atoms with Gasteiger partial charge in [0.05, 0.1) is 27.7 Å². The van der Waals surface area contributed by atoms with Gasteiger partial charge in [-0.15, -0.1) is 0 Å². The molecule has 0 saturated carbocycles. The lowest BCUT2D eigenvalue weighted by atomic mass is 10.1. The van der Waals surface area contributed by atoms with Gasteiger partial charge in [-0.05, 0) is 6.42 Å². The first-order chi connectivity index (χ1) is 9.95. The lowest BCUT2D eigenvalue weighted by molar-refractivity contribution is -0.873. The Labute approximate surface area is 145 Å². The van der Waals surface area contributed by atoms with Gasteiger partial charge in [0.1, 0.15) is 12.6 Å². The van der Waals surface area contributed by atoms with Crippen molar-refractivity contribution in [3.8, 4) is 0 Å². The van der Waals surface area contributed by atoms with E-state index in [0.29, 0.717) is 6.61 Å². The largest absolute Gasteiger partial charge is 1.00 e. The molecule has 0 bridgehead atoms. The summed E-state index contributed by atoms with van der Waals surface area (Å²) in [4.78, 5) is 0. The molecule has 0 rings (SSSR count). The van der Waals surface area contributed by atoms with Crippen molar-refractivity contribution in [2.45, 2.75) is 77.2 Å². The molecule has 0 aromatic rings. The van der Waals surface area contributed by atoms with Crippen LogP contribution in [0.1, 0.15) is 71.1 Å². The number of aliphatic hydroxyl groups excluding tert-OH is 1. The highest BCUT2D eigenvalue weighted by Crippen LogP contribution is 2.10. The molecule has 0 aliphatic rings. The molecule has 0 aromatic carbocycles. The van der Waals surface area contributed by atoms with Crippen LogP contribution in [0.2, 0.25) is 0 Å². The number of unbranched alkanes of at least 4 members (excludes halogenated alkanes) is 9. The normalized spacial score (nSPS) is 13.0. The molecule has 0 spiro atoms. The summed E-state index contributed by atoms with van der Waals surface area (Å²) in [5.74, 6) is 0. The standard InChI is InChI=1S/C18H40NO2.ClH/c1-5-6-7-8-9-10-11-12-13-14-15-21-17-18(20)16-19(2,3)4;/h18,20H,5-17H2,1-4H3;1H/q+1;/p-1. The van der Waals surface area contributed by atoms with Gasteiger partial charge in [-0.3, -0.25) is 0 Å². The minimum atomic E-state index is -0.340. The maximum Gasteiger partial charge on any atom is 0.126 e. The molecule has 3 nitrogen and oxygen atoms in total. The lowest BCUT2D eigenvalue weighted by Crippen LogP contribution is -3.00. The molecule has 1 atom stereocenters. The molecule has 0 aliphatic heterocycles. The summed E-state index contributed by atoms with van der Waals surface area (Å²) >= 11 is 0. The fraction of sp³-hybridized carbons (Fsp3) is 1.00. The van der Waals surface area contributed by atoms with Crippen molar-refractivity contribution in [1.82, 2.24) is 0 Å². The Morgan fingerprint density at radius 2 is 1.27 bits per heavy atom. The molecule has 0 heterocycles. The first-order valence-electron chi connectivity index (χ1n) is 9.02. The Morgan fingerprint density at radius 3 is 1.73 bits per heavy atom. The van der Waals surface area contributed by atoms with Crippen LogP contribution in [0.3, 0.4) is 0 Å². The van der Waals surface area contributed by atoms with Crippen LogP contribution in [-0.4, -0.2) is 56.6 Å². The van der Waals surface area contributed by atoms with Crippen LogP contribution in [0, 0.1) is 0 Å². The van der Waals surface area contributed by atoms with E-state index in [2.05, 4.69) is 28.1 Å². The molecule has 22 heavy (non-hydrogen) atoms. The smallest absolute Gasteiger partial charge is 0.126 e. The highest BCUT2D eigenvalue weighted by Gasteiger charge is 2.14. The number of aliphatic hydroxyl groups is 1. The Balaban J connectivity index is 0. The summed E-state index contributed by atoms with van der Waals surface area (Å²) in [6.07, 6.45) is 13.1. The van der Waals surface area contributed by atoms with Crippen LogP contribution in [0.15, 0.2) is 0 Å². The first-order valence-corrected chi connectivity index (χ1v) is 9.02. The number of halogens is 1. The van der Waals surface area contributed by atoms with Crippen LogP contribution in [0.5, 0.6) is 0 Å². The molecule has 4 heteroatoms. The van der Waals surface area contributed by atoms with E-state index in [1.807, 2.05) is 0 Å². The number of hydrogen-bond acceptors (Lipinski definition) is 2. The molecule has 1 unspecified atom stereocenters. The van der Waals surface area contributed by atoms with E-state index in [0.717, 1.165) is 24.1 Å². The quantitative estimate of drug-likeness (QED) is 0.357. The van der Waals surface area contributed by atoms with E-state index in [4.69, 9.17) is 4.74 Å². The number of nitrogens with zero attached hydrogens (tertiary/aromatic N) is 1. The summed E-state index contributed by atoms with van der Waals surface area (Å²) in [5, 5.41) is 9.81. The van der Waals surface area contributed by atoms with Crippen LogP contribution < -0.4 is 12.4 Å². The number of hydrogen-bond donors (Lipinski definition) is 1. The van der Waals surface area contributed by atoms with Crippen LogP contribution >= 0.6 is 0 Å². The van der Waals surface area contributed by atoms with Crippen LogP contribution in [-0.2, 0) is 4.74 Å². The van der Waals surface area contributed by atoms with E-state index in [-0.39, 0.29) is 18.5 Å². The summed E-state index contributed by atoms with van der Waals surface area (Å²) in [7, 11) is 6.27. The van der Waals surface area contributed by atoms with Crippen molar-refractivity contribution in [2.75, 3.05) is 40.9 Å². The third kappa shape index (κ3) is 20.2. The Morgan fingerprint density at radius 1 is 0.818 bits per heavy atom. The van der Waals surface area contributed by atoms with E-state index in [1.54, 1.807) is 0 Å². The van der Waals surface area contributed by atoms with Gasteiger partial charge in [0.15, 0.2) is 0 Å². The highest BCUT2D eigenvalue weighted by molar-refractivity contribution is 4.52. The zero-order chi connectivity index (χ0) is 16.0. The van der Waals surface area contributed by atoms with E-state index < -0.39 is 0 Å². The zero-order valence-corrected chi connectivity index (χ0v) is 16.2. The van der Waals surface area contributed by atoms with Gasteiger partial charge in [-0.2, -0.15) is 0 Å². The van der Waals surface area contributed by atoms with Gasteiger partial charge in [0, 0.05) is 6.61 Å². The van der Waals surface area contributed by atoms with Gasteiger partial charge >= 0.3 is 0 Å². The maximum atomic E-state index is 9.81. The molecular formula is C18H40ClNO2. The minimum Gasteiger partial charge on any atom is -1.00 e. The molecule has 1 N–H and O–H groups in total. The van der Waals surface area contributed by atoms with Crippen molar-refractivity contribution in [3.63, 3.8) is 0 Å². The average Bonchev–Trinajstić information content (AvgIpc) is 2.38.